The van der Waals surface area contributed by atoms with Gasteiger partial charge in [0.1, 0.15) is 0 Å². The second-order valence-electron chi connectivity index (χ2n) is 4.61. The number of hydrogen-bond donors (Lipinski definition) is 3. The molecule has 1 aromatic carbocycles. The fourth-order valence-corrected chi connectivity index (χ4v) is 1.66. The van der Waals surface area contributed by atoms with Gasteiger partial charge in [-0.3, -0.25) is 4.79 Å². The first-order valence-electron chi connectivity index (χ1n) is 6.35. The third-order valence-corrected chi connectivity index (χ3v) is 2.66. The smallest absolute Gasteiger partial charge is 0.253 e. The van der Waals surface area contributed by atoms with Crippen LogP contribution in [0.5, 0.6) is 0 Å². The van der Waals surface area contributed by atoms with E-state index in [0.29, 0.717) is 12.0 Å². The maximum atomic E-state index is 12.1. The molecule has 0 spiro atoms. The maximum absolute atomic E-state index is 12.1. The van der Waals surface area contributed by atoms with Gasteiger partial charge in [0.05, 0.1) is 18.2 Å². The van der Waals surface area contributed by atoms with Gasteiger partial charge in [-0.15, -0.1) is 0 Å². The van der Waals surface area contributed by atoms with Crippen LogP contribution in [0.25, 0.3) is 0 Å². The molecule has 1 aromatic rings. The number of benzene rings is 1. The molecule has 0 aliphatic rings. The van der Waals surface area contributed by atoms with Crippen molar-refractivity contribution in [1.82, 2.24) is 5.32 Å². The van der Waals surface area contributed by atoms with Gasteiger partial charge in [-0.05, 0) is 32.4 Å². The Morgan fingerprint density at radius 2 is 2.00 bits per heavy atom. The summed E-state index contributed by atoms with van der Waals surface area (Å²) >= 11 is 0. The second kappa shape index (κ2) is 7.01. The van der Waals surface area contributed by atoms with E-state index in [2.05, 4.69) is 10.6 Å². The molecule has 0 fully saturated rings. The Labute approximate surface area is 108 Å². The van der Waals surface area contributed by atoms with Crippen molar-refractivity contribution in [1.29, 1.82) is 0 Å². The zero-order chi connectivity index (χ0) is 13.5. The first kappa shape index (κ1) is 14.5. The molecule has 0 unspecified atom stereocenters. The number of aliphatic hydroxyl groups excluding tert-OH is 1. The highest BCUT2D eigenvalue weighted by atomic mass is 16.3. The van der Waals surface area contributed by atoms with Gasteiger partial charge in [0.15, 0.2) is 0 Å². The highest BCUT2D eigenvalue weighted by Crippen LogP contribution is 2.16. The van der Waals surface area contributed by atoms with E-state index in [9.17, 15) is 4.79 Å². The van der Waals surface area contributed by atoms with Crippen LogP contribution in [0.15, 0.2) is 24.3 Å². The topological polar surface area (TPSA) is 61.4 Å². The summed E-state index contributed by atoms with van der Waals surface area (Å²) in [5.41, 5.74) is 1.43. The van der Waals surface area contributed by atoms with Crippen molar-refractivity contribution >= 4 is 11.6 Å². The van der Waals surface area contributed by atoms with Crippen LogP contribution in [0.4, 0.5) is 5.69 Å². The molecule has 0 saturated carbocycles. The van der Waals surface area contributed by atoms with Crippen molar-refractivity contribution in [3.63, 3.8) is 0 Å². The van der Waals surface area contributed by atoms with Gasteiger partial charge < -0.3 is 15.7 Å². The predicted octanol–water partition coefficient (Wildman–Crippen LogP) is 2.01. The van der Waals surface area contributed by atoms with Crippen LogP contribution in [0.1, 0.15) is 37.6 Å². The monoisotopic (exact) mass is 250 g/mol. The van der Waals surface area contributed by atoms with Gasteiger partial charge in [0.25, 0.3) is 5.91 Å². The van der Waals surface area contributed by atoms with Crippen LogP contribution in [-0.4, -0.2) is 29.7 Å². The van der Waals surface area contributed by atoms with E-state index in [1.165, 1.54) is 0 Å². The summed E-state index contributed by atoms with van der Waals surface area (Å²) in [7, 11) is 0. The summed E-state index contributed by atoms with van der Waals surface area (Å²) in [4.78, 5) is 12.1. The summed E-state index contributed by atoms with van der Waals surface area (Å²) in [5, 5.41) is 15.2. The van der Waals surface area contributed by atoms with Crippen molar-refractivity contribution in [2.45, 2.75) is 39.3 Å². The molecule has 100 valence electrons. The molecular weight excluding hydrogens is 228 g/mol. The molecule has 1 rings (SSSR count). The minimum Gasteiger partial charge on any atom is -0.394 e. The number of para-hydroxylation sites is 1. The number of nitrogens with one attached hydrogen (secondary N) is 2. The summed E-state index contributed by atoms with van der Waals surface area (Å²) in [6.45, 7) is 5.94. The minimum atomic E-state index is -0.190. The van der Waals surface area contributed by atoms with Crippen LogP contribution >= 0.6 is 0 Å². The zero-order valence-corrected chi connectivity index (χ0v) is 11.2. The molecule has 1 amide bonds. The molecule has 1 atom stereocenters. The Morgan fingerprint density at radius 3 is 2.56 bits per heavy atom. The number of anilines is 1. The summed E-state index contributed by atoms with van der Waals surface area (Å²) < 4.78 is 0. The average Bonchev–Trinajstić information content (AvgIpc) is 2.35. The Balaban J connectivity index is 2.84. The molecule has 4 nitrogen and oxygen atoms in total. The molecule has 0 heterocycles. The average molecular weight is 250 g/mol. The van der Waals surface area contributed by atoms with E-state index in [1.54, 1.807) is 6.07 Å². The van der Waals surface area contributed by atoms with Crippen molar-refractivity contribution in [3.8, 4) is 0 Å². The van der Waals surface area contributed by atoms with Crippen LogP contribution in [0.3, 0.4) is 0 Å². The molecule has 0 aromatic heterocycles. The van der Waals surface area contributed by atoms with E-state index in [0.717, 1.165) is 5.69 Å². The number of carbonyl (C=O) groups is 1. The highest BCUT2D eigenvalue weighted by molar-refractivity contribution is 5.99. The molecule has 0 bridgehead atoms. The third kappa shape index (κ3) is 4.04. The summed E-state index contributed by atoms with van der Waals surface area (Å²) in [6, 6.07) is 7.47. The van der Waals surface area contributed by atoms with Crippen molar-refractivity contribution in [2.24, 2.45) is 0 Å². The van der Waals surface area contributed by atoms with Crippen LogP contribution in [0, 0.1) is 0 Å². The van der Waals surface area contributed by atoms with Gasteiger partial charge >= 0.3 is 0 Å². The van der Waals surface area contributed by atoms with E-state index >= 15 is 0 Å². The zero-order valence-electron chi connectivity index (χ0n) is 11.2. The van der Waals surface area contributed by atoms with Crippen LogP contribution < -0.4 is 10.6 Å². The van der Waals surface area contributed by atoms with Crippen molar-refractivity contribution < 1.29 is 9.90 Å². The van der Waals surface area contributed by atoms with E-state index in [-0.39, 0.29) is 24.6 Å². The first-order valence-corrected chi connectivity index (χ1v) is 6.35. The molecular formula is C14H22N2O2. The van der Waals surface area contributed by atoms with Gasteiger partial charge in [-0.25, -0.2) is 0 Å². The van der Waals surface area contributed by atoms with E-state index < -0.39 is 0 Å². The predicted molar refractivity (Wildman–Crippen MR) is 73.8 cm³/mol. The van der Waals surface area contributed by atoms with Crippen molar-refractivity contribution in [2.75, 3.05) is 11.9 Å². The first-order chi connectivity index (χ1) is 8.58. The number of amides is 1. The second-order valence-corrected chi connectivity index (χ2v) is 4.61. The number of rotatable bonds is 6. The van der Waals surface area contributed by atoms with Crippen LogP contribution in [0.2, 0.25) is 0 Å². The minimum absolute atomic E-state index is 0.0397. The lowest BCUT2D eigenvalue weighted by atomic mass is 10.1. The number of hydrogen-bond acceptors (Lipinski definition) is 3. The molecule has 0 radical (unpaired) electrons. The standard InChI is InChI=1S/C14H22N2O2/c1-4-11(9-17)16-14(18)12-7-5-6-8-13(12)15-10(2)3/h5-8,10-11,15,17H,4,9H2,1-3H3,(H,16,18)/t11-/m1/s1. The van der Waals surface area contributed by atoms with Crippen LogP contribution in [-0.2, 0) is 0 Å². The summed E-state index contributed by atoms with van der Waals surface area (Å²) in [5.74, 6) is -0.153. The summed E-state index contributed by atoms with van der Waals surface area (Å²) in [6.07, 6.45) is 0.710. The molecule has 0 saturated heterocycles. The third-order valence-electron chi connectivity index (χ3n) is 2.66. The highest BCUT2D eigenvalue weighted by Gasteiger charge is 2.14. The molecule has 4 heteroatoms. The Hall–Kier alpha value is -1.55. The molecule has 0 aliphatic carbocycles. The molecule has 0 aliphatic heterocycles. The lowest BCUT2D eigenvalue weighted by Crippen LogP contribution is -2.37. The Morgan fingerprint density at radius 1 is 1.33 bits per heavy atom. The normalized spacial score (nSPS) is 12.3. The molecule has 18 heavy (non-hydrogen) atoms. The Kier molecular flexibility index (Phi) is 5.65. The lowest BCUT2D eigenvalue weighted by molar-refractivity contribution is 0.0915. The Bertz CT molecular complexity index is 387. The number of carbonyl (C=O) groups excluding carboxylic acids is 1. The van der Waals surface area contributed by atoms with Gasteiger partial charge in [-0.1, -0.05) is 19.1 Å². The van der Waals surface area contributed by atoms with Gasteiger partial charge in [-0.2, -0.15) is 0 Å². The van der Waals surface area contributed by atoms with Gasteiger partial charge in [0, 0.05) is 11.7 Å². The fourth-order valence-electron chi connectivity index (χ4n) is 1.66. The van der Waals surface area contributed by atoms with Gasteiger partial charge in [0.2, 0.25) is 0 Å². The molecule has 3 N–H and O–H groups in total. The largest absolute Gasteiger partial charge is 0.394 e. The quantitative estimate of drug-likeness (QED) is 0.723. The fraction of sp³-hybridized carbons (Fsp3) is 0.500. The number of aliphatic hydroxyl groups is 1. The lowest BCUT2D eigenvalue weighted by Gasteiger charge is -2.17. The SMILES string of the molecule is CC[C@H](CO)NC(=O)c1ccccc1NC(C)C. The maximum Gasteiger partial charge on any atom is 0.253 e. The van der Waals surface area contributed by atoms with E-state index in [1.807, 2.05) is 39.0 Å². The van der Waals surface area contributed by atoms with Crippen molar-refractivity contribution in [3.05, 3.63) is 29.8 Å². The van der Waals surface area contributed by atoms with E-state index in [4.69, 9.17) is 5.11 Å².